The maximum Gasteiger partial charge on any atom is 0.135 e. The number of halogens is 3. The molecule has 0 amide bonds. The molecule has 2 rings (SSSR count). The molecule has 0 aliphatic carbocycles. The van der Waals surface area contributed by atoms with Crippen LogP contribution in [0.4, 0.5) is 14.5 Å². The summed E-state index contributed by atoms with van der Waals surface area (Å²) in [6, 6.07) is 8.44. The van der Waals surface area contributed by atoms with Gasteiger partial charge in [-0.05, 0) is 34.1 Å². The number of methoxy groups -OCH3 is 1. The molecule has 0 aliphatic heterocycles. The Bertz CT molecular complexity index is 637. The summed E-state index contributed by atoms with van der Waals surface area (Å²) in [5, 5.41) is 12.9. The van der Waals surface area contributed by atoms with Crippen LogP contribution in [-0.2, 0) is 0 Å². The fourth-order valence-electron chi connectivity index (χ4n) is 1.87. The van der Waals surface area contributed by atoms with Crippen molar-refractivity contribution in [3.63, 3.8) is 0 Å². The van der Waals surface area contributed by atoms with E-state index in [2.05, 4.69) is 21.2 Å². The molecule has 2 N–H and O–H groups in total. The molecule has 0 spiro atoms. The lowest BCUT2D eigenvalue weighted by Gasteiger charge is -2.15. The van der Waals surface area contributed by atoms with Crippen LogP contribution in [0.15, 0.2) is 40.9 Å². The first-order valence-corrected chi connectivity index (χ1v) is 7.01. The SMILES string of the molecule is COc1cc(NCC(O)c2ccc(F)cc2F)ccc1Br. The van der Waals surface area contributed by atoms with Gasteiger partial charge in [0.2, 0.25) is 0 Å². The molecule has 0 aromatic heterocycles. The zero-order chi connectivity index (χ0) is 15.4. The fourth-order valence-corrected chi connectivity index (χ4v) is 2.27. The molecule has 0 bridgehead atoms. The summed E-state index contributed by atoms with van der Waals surface area (Å²) in [6.07, 6.45) is -1.08. The highest BCUT2D eigenvalue weighted by Crippen LogP contribution is 2.28. The van der Waals surface area contributed by atoms with Crippen LogP contribution in [0.1, 0.15) is 11.7 Å². The van der Waals surface area contributed by atoms with Crippen molar-refractivity contribution in [1.29, 1.82) is 0 Å². The zero-order valence-electron chi connectivity index (χ0n) is 11.2. The summed E-state index contributed by atoms with van der Waals surface area (Å²) in [5.74, 6) is -0.797. The largest absolute Gasteiger partial charge is 0.495 e. The maximum absolute atomic E-state index is 13.5. The highest BCUT2D eigenvalue weighted by Gasteiger charge is 2.13. The van der Waals surface area contributed by atoms with E-state index in [-0.39, 0.29) is 12.1 Å². The number of hydrogen-bond donors (Lipinski definition) is 2. The Labute approximate surface area is 129 Å². The highest BCUT2D eigenvalue weighted by atomic mass is 79.9. The molecule has 1 unspecified atom stereocenters. The summed E-state index contributed by atoms with van der Waals surface area (Å²) >= 11 is 3.34. The van der Waals surface area contributed by atoms with Crippen molar-refractivity contribution in [3.05, 3.63) is 58.1 Å². The van der Waals surface area contributed by atoms with Gasteiger partial charge in [-0.2, -0.15) is 0 Å². The van der Waals surface area contributed by atoms with Crippen molar-refractivity contribution in [2.24, 2.45) is 0 Å². The molecule has 0 heterocycles. The van der Waals surface area contributed by atoms with Crippen LogP contribution >= 0.6 is 15.9 Å². The van der Waals surface area contributed by atoms with Gasteiger partial charge in [-0.1, -0.05) is 6.07 Å². The number of aliphatic hydroxyl groups excluding tert-OH is 1. The maximum atomic E-state index is 13.5. The number of hydrogen-bond acceptors (Lipinski definition) is 3. The van der Waals surface area contributed by atoms with Gasteiger partial charge in [-0.3, -0.25) is 0 Å². The van der Waals surface area contributed by atoms with E-state index in [1.807, 2.05) is 0 Å². The van der Waals surface area contributed by atoms with Crippen LogP contribution in [0.5, 0.6) is 5.75 Å². The molecule has 1 atom stereocenters. The first-order chi connectivity index (χ1) is 10.0. The molecular weight excluding hydrogens is 344 g/mol. The molecule has 6 heteroatoms. The van der Waals surface area contributed by atoms with Gasteiger partial charge in [0.25, 0.3) is 0 Å². The van der Waals surface area contributed by atoms with Gasteiger partial charge < -0.3 is 15.2 Å². The lowest BCUT2D eigenvalue weighted by Crippen LogP contribution is -2.13. The molecule has 0 saturated carbocycles. The van der Waals surface area contributed by atoms with E-state index in [1.54, 1.807) is 25.3 Å². The Hall–Kier alpha value is -1.66. The number of anilines is 1. The molecule has 2 aromatic carbocycles. The molecule has 2 aromatic rings. The Morgan fingerprint density at radius 2 is 2.00 bits per heavy atom. The van der Waals surface area contributed by atoms with Crippen LogP contribution in [0.25, 0.3) is 0 Å². The van der Waals surface area contributed by atoms with Gasteiger partial charge in [0.15, 0.2) is 0 Å². The summed E-state index contributed by atoms with van der Waals surface area (Å²) in [7, 11) is 1.55. The van der Waals surface area contributed by atoms with Crippen molar-refractivity contribution >= 4 is 21.6 Å². The Kier molecular flexibility index (Phi) is 5.14. The van der Waals surface area contributed by atoms with E-state index >= 15 is 0 Å². The van der Waals surface area contributed by atoms with Crippen molar-refractivity contribution in [1.82, 2.24) is 0 Å². The quantitative estimate of drug-likeness (QED) is 0.853. The topological polar surface area (TPSA) is 41.5 Å². The molecule has 3 nitrogen and oxygen atoms in total. The fraction of sp³-hybridized carbons (Fsp3) is 0.200. The van der Waals surface area contributed by atoms with Crippen molar-refractivity contribution in [2.75, 3.05) is 19.0 Å². The third kappa shape index (κ3) is 3.92. The molecule has 21 heavy (non-hydrogen) atoms. The normalized spacial score (nSPS) is 12.0. The van der Waals surface area contributed by atoms with Crippen molar-refractivity contribution in [2.45, 2.75) is 6.10 Å². The smallest absolute Gasteiger partial charge is 0.135 e. The number of benzene rings is 2. The minimum absolute atomic E-state index is 0.0491. The van der Waals surface area contributed by atoms with Gasteiger partial charge in [0.05, 0.1) is 17.7 Å². The number of aliphatic hydroxyl groups is 1. The summed E-state index contributed by atoms with van der Waals surface area (Å²) < 4.78 is 32.3. The van der Waals surface area contributed by atoms with Crippen molar-refractivity contribution < 1.29 is 18.6 Å². The predicted octanol–water partition coefficient (Wildman–Crippen LogP) is 3.88. The van der Waals surface area contributed by atoms with Crippen LogP contribution < -0.4 is 10.1 Å². The molecule has 0 radical (unpaired) electrons. The molecule has 0 aliphatic rings. The van der Waals surface area contributed by atoms with Gasteiger partial charge in [-0.15, -0.1) is 0 Å². The van der Waals surface area contributed by atoms with E-state index < -0.39 is 17.7 Å². The number of nitrogens with one attached hydrogen (secondary N) is 1. The van der Waals surface area contributed by atoms with Gasteiger partial charge in [0, 0.05) is 29.9 Å². The van der Waals surface area contributed by atoms with Gasteiger partial charge >= 0.3 is 0 Å². The van der Waals surface area contributed by atoms with Gasteiger partial charge in [0.1, 0.15) is 17.4 Å². The Balaban J connectivity index is 2.05. The van der Waals surface area contributed by atoms with Crippen LogP contribution in [0.2, 0.25) is 0 Å². The Morgan fingerprint density at radius 1 is 1.24 bits per heavy atom. The first kappa shape index (κ1) is 15.7. The van der Waals surface area contributed by atoms with Gasteiger partial charge in [-0.25, -0.2) is 8.78 Å². The zero-order valence-corrected chi connectivity index (χ0v) is 12.8. The Morgan fingerprint density at radius 3 is 2.67 bits per heavy atom. The lowest BCUT2D eigenvalue weighted by atomic mass is 10.1. The monoisotopic (exact) mass is 357 g/mol. The van der Waals surface area contributed by atoms with E-state index in [1.165, 1.54) is 6.07 Å². The van der Waals surface area contributed by atoms with Crippen LogP contribution in [0, 0.1) is 11.6 Å². The minimum Gasteiger partial charge on any atom is -0.495 e. The highest BCUT2D eigenvalue weighted by molar-refractivity contribution is 9.10. The number of ether oxygens (including phenoxy) is 1. The third-order valence-electron chi connectivity index (χ3n) is 2.97. The second-order valence-corrected chi connectivity index (χ2v) is 5.27. The van der Waals surface area contributed by atoms with Crippen molar-refractivity contribution in [3.8, 4) is 5.75 Å². The molecule has 0 fully saturated rings. The van der Waals surface area contributed by atoms with E-state index in [4.69, 9.17) is 4.74 Å². The molecular formula is C15H14BrF2NO2. The standard InChI is InChI=1S/C15H14BrF2NO2/c1-21-15-7-10(3-5-12(15)16)19-8-14(20)11-4-2-9(17)6-13(11)18/h2-7,14,19-20H,8H2,1H3. The lowest BCUT2D eigenvalue weighted by molar-refractivity contribution is 0.186. The average molecular weight is 358 g/mol. The molecule has 112 valence electrons. The van der Waals surface area contributed by atoms with Crippen LogP contribution in [0.3, 0.4) is 0 Å². The minimum atomic E-state index is -1.08. The number of rotatable bonds is 5. The second-order valence-electron chi connectivity index (χ2n) is 4.41. The third-order valence-corrected chi connectivity index (χ3v) is 3.63. The average Bonchev–Trinajstić information content (AvgIpc) is 2.46. The van der Waals surface area contributed by atoms with Crippen LogP contribution in [-0.4, -0.2) is 18.8 Å². The van der Waals surface area contributed by atoms with E-state index in [9.17, 15) is 13.9 Å². The first-order valence-electron chi connectivity index (χ1n) is 6.21. The summed E-state index contributed by atoms with van der Waals surface area (Å²) in [4.78, 5) is 0. The summed E-state index contributed by atoms with van der Waals surface area (Å²) in [5.41, 5.74) is 0.768. The molecule has 0 saturated heterocycles. The summed E-state index contributed by atoms with van der Waals surface area (Å²) in [6.45, 7) is 0.0906. The van der Waals surface area contributed by atoms with E-state index in [0.29, 0.717) is 5.75 Å². The second kappa shape index (κ2) is 6.87. The predicted molar refractivity (Wildman–Crippen MR) is 80.5 cm³/mol. The van der Waals surface area contributed by atoms with E-state index in [0.717, 1.165) is 22.3 Å².